The van der Waals surface area contributed by atoms with Crippen LogP contribution in [0.5, 0.6) is 11.5 Å². The van der Waals surface area contributed by atoms with Gasteiger partial charge in [-0.3, -0.25) is 9.59 Å². The van der Waals surface area contributed by atoms with Gasteiger partial charge in [0, 0.05) is 18.7 Å². The highest BCUT2D eigenvalue weighted by atomic mass is 16.6. The van der Waals surface area contributed by atoms with Crippen LogP contribution in [-0.2, 0) is 20.7 Å². The molecule has 0 saturated carbocycles. The van der Waals surface area contributed by atoms with E-state index in [1.165, 1.54) is 17.0 Å². The molecule has 0 radical (unpaired) electrons. The Morgan fingerprint density at radius 3 is 2.20 bits per heavy atom. The van der Waals surface area contributed by atoms with Crippen molar-refractivity contribution in [3.63, 3.8) is 0 Å². The Morgan fingerprint density at radius 2 is 1.62 bits per heavy atom. The second-order valence-corrected chi connectivity index (χ2v) is 10.2. The maximum absolute atomic E-state index is 14.1. The normalized spacial score (nSPS) is 12.5. The molecule has 0 bridgehead atoms. The average Bonchev–Trinajstić information content (AvgIpc) is 2.90. The number of rotatable bonds is 10. The average molecular weight is 548 g/mol. The summed E-state index contributed by atoms with van der Waals surface area (Å²) < 4.78 is 10.6. The molecule has 0 aromatic heterocycles. The number of methoxy groups -OCH3 is 1. The van der Waals surface area contributed by atoms with E-state index in [4.69, 9.17) is 9.47 Å². The van der Waals surface area contributed by atoms with Crippen LogP contribution in [0.2, 0.25) is 0 Å². The molecule has 9 nitrogen and oxygen atoms in total. The van der Waals surface area contributed by atoms with Gasteiger partial charge in [0.25, 0.3) is 5.91 Å². The minimum atomic E-state index is -1.11. The van der Waals surface area contributed by atoms with Crippen molar-refractivity contribution in [3.8, 4) is 11.5 Å². The smallest absolute Gasteiger partial charge is 0.408 e. The van der Waals surface area contributed by atoms with Gasteiger partial charge in [-0.05, 0) is 75.2 Å². The van der Waals surface area contributed by atoms with Gasteiger partial charge in [0.2, 0.25) is 5.91 Å². The molecule has 0 spiro atoms. The molecule has 0 fully saturated rings. The van der Waals surface area contributed by atoms with Gasteiger partial charge in [-0.2, -0.15) is 0 Å². The second-order valence-electron chi connectivity index (χ2n) is 10.2. The summed E-state index contributed by atoms with van der Waals surface area (Å²) in [6.07, 6.45) is -0.558. The van der Waals surface area contributed by atoms with Crippen LogP contribution < -0.4 is 15.4 Å². The number of carbonyl (C=O) groups excluding carboxylic acids is 3. The van der Waals surface area contributed by atoms with E-state index in [1.807, 2.05) is 30.3 Å². The van der Waals surface area contributed by atoms with Crippen LogP contribution in [0.4, 0.5) is 10.5 Å². The van der Waals surface area contributed by atoms with E-state index in [1.54, 1.807) is 71.2 Å². The van der Waals surface area contributed by atoms with Crippen molar-refractivity contribution in [1.82, 2.24) is 10.2 Å². The molecule has 0 heterocycles. The van der Waals surface area contributed by atoms with Crippen molar-refractivity contribution in [2.75, 3.05) is 19.0 Å². The van der Waals surface area contributed by atoms with Crippen LogP contribution in [0.3, 0.4) is 0 Å². The predicted molar refractivity (Wildman–Crippen MR) is 153 cm³/mol. The highest BCUT2D eigenvalue weighted by Gasteiger charge is 2.36. The van der Waals surface area contributed by atoms with E-state index in [2.05, 4.69) is 10.6 Å². The second kappa shape index (κ2) is 13.5. The Kier molecular flexibility index (Phi) is 10.1. The molecule has 212 valence electrons. The first-order chi connectivity index (χ1) is 19.0. The lowest BCUT2D eigenvalue weighted by Gasteiger charge is -2.34. The van der Waals surface area contributed by atoms with Crippen LogP contribution in [0.15, 0.2) is 78.9 Å². The molecule has 3 N–H and O–H groups in total. The van der Waals surface area contributed by atoms with Crippen LogP contribution in [0, 0.1) is 0 Å². The number of nitrogens with one attached hydrogen (secondary N) is 2. The third kappa shape index (κ3) is 8.49. The molecule has 0 aliphatic heterocycles. The van der Waals surface area contributed by atoms with Crippen molar-refractivity contribution >= 4 is 23.6 Å². The van der Waals surface area contributed by atoms with Gasteiger partial charge in [-0.1, -0.05) is 42.5 Å². The monoisotopic (exact) mass is 547 g/mol. The zero-order valence-electron chi connectivity index (χ0n) is 23.5. The Hall–Kier alpha value is -4.53. The number of alkyl carbamates (subject to hydrolysis) is 1. The van der Waals surface area contributed by atoms with Gasteiger partial charge < -0.3 is 30.1 Å². The lowest BCUT2D eigenvalue weighted by Crippen LogP contribution is -2.53. The van der Waals surface area contributed by atoms with E-state index in [9.17, 15) is 19.5 Å². The highest BCUT2D eigenvalue weighted by molar-refractivity contribution is 5.99. The quantitative estimate of drug-likeness (QED) is 0.327. The summed E-state index contributed by atoms with van der Waals surface area (Å²) in [6.45, 7) is 7.11. The molecule has 9 heteroatoms. The fraction of sp³-hybridized carbons (Fsp3) is 0.323. The maximum Gasteiger partial charge on any atom is 0.408 e. The number of hydrogen-bond acceptors (Lipinski definition) is 6. The number of hydrogen-bond donors (Lipinski definition) is 3. The van der Waals surface area contributed by atoms with E-state index in [0.717, 1.165) is 5.56 Å². The summed E-state index contributed by atoms with van der Waals surface area (Å²) >= 11 is 0. The summed E-state index contributed by atoms with van der Waals surface area (Å²) in [5, 5.41) is 15.8. The van der Waals surface area contributed by atoms with Crippen molar-refractivity contribution in [1.29, 1.82) is 0 Å². The number of aromatic hydroxyl groups is 1. The molecule has 3 rings (SSSR count). The third-order valence-electron chi connectivity index (χ3n) is 6.00. The molecular formula is C31H37N3O6. The fourth-order valence-corrected chi connectivity index (χ4v) is 4.22. The SMILES string of the molecule is CCN(C(=O)C(Cc1ccccc1)NC(=O)OC(C)(C)C)C(C(=O)Nc1ccc(OC)cc1)c1cccc(O)c1. The van der Waals surface area contributed by atoms with Crippen LogP contribution in [0.25, 0.3) is 0 Å². The van der Waals surface area contributed by atoms with E-state index >= 15 is 0 Å². The molecule has 3 aromatic rings. The Morgan fingerprint density at radius 1 is 0.950 bits per heavy atom. The zero-order chi connectivity index (χ0) is 29.3. The van der Waals surface area contributed by atoms with Gasteiger partial charge >= 0.3 is 6.09 Å². The minimum Gasteiger partial charge on any atom is -0.508 e. The van der Waals surface area contributed by atoms with Gasteiger partial charge in [0.1, 0.15) is 29.2 Å². The predicted octanol–water partition coefficient (Wildman–Crippen LogP) is 5.07. The largest absolute Gasteiger partial charge is 0.508 e. The molecule has 3 amide bonds. The Bertz CT molecular complexity index is 1290. The molecule has 0 aliphatic carbocycles. The number of ether oxygens (including phenoxy) is 2. The molecule has 3 aromatic carbocycles. The Labute approximate surface area is 235 Å². The van der Waals surface area contributed by atoms with Crippen molar-refractivity contribution < 1.29 is 29.0 Å². The number of amides is 3. The summed E-state index contributed by atoms with van der Waals surface area (Å²) in [4.78, 5) is 42.0. The van der Waals surface area contributed by atoms with Crippen LogP contribution in [-0.4, -0.2) is 53.2 Å². The standard InChI is InChI=1S/C31H37N3O6/c1-6-34(29(37)26(19-21-11-8-7-9-12-21)33-30(38)40-31(2,3)4)27(22-13-10-14-24(35)20-22)28(36)32-23-15-17-25(39-5)18-16-23/h7-18,20,26-27,35H,6,19H2,1-5H3,(H,32,36)(H,33,38). The first-order valence-electron chi connectivity index (χ1n) is 13.1. The van der Waals surface area contributed by atoms with Crippen LogP contribution >= 0.6 is 0 Å². The number of phenolic OH excluding ortho intramolecular Hbond substituents is 1. The lowest BCUT2D eigenvalue weighted by molar-refractivity contribution is -0.140. The summed E-state index contributed by atoms with van der Waals surface area (Å²) in [7, 11) is 1.55. The number of benzene rings is 3. The Balaban J connectivity index is 1.98. The van der Waals surface area contributed by atoms with Crippen molar-refractivity contribution in [2.24, 2.45) is 0 Å². The van der Waals surface area contributed by atoms with Gasteiger partial charge in [0.15, 0.2) is 0 Å². The minimum absolute atomic E-state index is 0.0454. The van der Waals surface area contributed by atoms with Crippen molar-refractivity contribution in [2.45, 2.75) is 51.8 Å². The summed E-state index contributed by atoms with van der Waals surface area (Å²) in [5.74, 6) is -0.377. The number of nitrogens with zero attached hydrogens (tertiary/aromatic N) is 1. The first kappa shape index (κ1) is 30.0. The van der Waals surface area contributed by atoms with Gasteiger partial charge in [-0.25, -0.2) is 4.79 Å². The molecular weight excluding hydrogens is 510 g/mol. The summed E-state index contributed by atoms with van der Waals surface area (Å²) in [6, 6.07) is 20.2. The first-order valence-corrected chi connectivity index (χ1v) is 13.1. The third-order valence-corrected chi connectivity index (χ3v) is 6.00. The zero-order valence-corrected chi connectivity index (χ0v) is 23.5. The van der Waals surface area contributed by atoms with Gasteiger partial charge in [-0.15, -0.1) is 0 Å². The molecule has 40 heavy (non-hydrogen) atoms. The fourth-order valence-electron chi connectivity index (χ4n) is 4.22. The molecule has 2 unspecified atom stereocenters. The number of phenols is 1. The van der Waals surface area contributed by atoms with Gasteiger partial charge in [0.05, 0.1) is 7.11 Å². The van der Waals surface area contributed by atoms with E-state index < -0.39 is 35.6 Å². The number of carbonyl (C=O) groups is 3. The van der Waals surface area contributed by atoms with E-state index in [-0.39, 0.29) is 18.7 Å². The number of likely N-dealkylation sites (N-methyl/N-ethyl adjacent to an activating group) is 1. The highest BCUT2D eigenvalue weighted by Crippen LogP contribution is 2.27. The summed E-state index contributed by atoms with van der Waals surface area (Å²) in [5.41, 5.74) is 0.977. The topological polar surface area (TPSA) is 117 Å². The molecule has 0 saturated heterocycles. The van der Waals surface area contributed by atoms with Crippen LogP contribution in [0.1, 0.15) is 44.9 Å². The molecule has 0 aliphatic rings. The van der Waals surface area contributed by atoms with Crippen molar-refractivity contribution in [3.05, 3.63) is 90.0 Å². The van der Waals surface area contributed by atoms with E-state index in [0.29, 0.717) is 17.0 Å². The lowest BCUT2D eigenvalue weighted by atomic mass is 10.00. The number of anilines is 1. The maximum atomic E-state index is 14.1. The molecule has 2 atom stereocenters.